The van der Waals surface area contributed by atoms with Gasteiger partial charge in [0, 0.05) is 0 Å². The van der Waals surface area contributed by atoms with Gasteiger partial charge in [0.1, 0.15) is 0 Å². The Hall–Kier alpha value is -0.260. The topological polar surface area (TPSA) is 0 Å². The molecule has 0 N–H and O–H groups in total. The van der Waals surface area contributed by atoms with E-state index in [-0.39, 0.29) is 0 Å². The molecule has 0 aromatic carbocycles. The molecule has 0 spiro atoms. The van der Waals surface area contributed by atoms with Crippen LogP contribution in [0.2, 0.25) is 0 Å². The van der Waals surface area contributed by atoms with Gasteiger partial charge in [-0.25, -0.2) is 0 Å². The lowest BCUT2D eigenvalue weighted by molar-refractivity contribution is 0.357. The van der Waals surface area contributed by atoms with E-state index in [0.717, 1.165) is 11.8 Å². The van der Waals surface area contributed by atoms with Gasteiger partial charge in [-0.15, -0.1) is 0 Å². The first-order valence-corrected chi connectivity index (χ1v) is 5.35. The summed E-state index contributed by atoms with van der Waals surface area (Å²) in [5, 5.41) is 0. The van der Waals surface area contributed by atoms with E-state index in [1.165, 1.54) is 44.1 Å². The zero-order chi connectivity index (χ0) is 8.97. The normalized spacial score (nSPS) is 32.2. The fourth-order valence-corrected chi connectivity index (χ4v) is 2.21. The summed E-state index contributed by atoms with van der Waals surface area (Å²) in [6.07, 6.45) is 8.48. The van der Waals surface area contributed by atoms with E-state index in [0.29, 0.717) is 0 Å². The SMILES string of the molecule is C=C(C)C1CCCC(C)CCC1. The van der Waals surface area contributed by atoms with Gasteiger partial charge in [0.15, 0.2) is 0 Å². The summed E-state index contributed by atoms with van der Waals surface area (Å²) in [5.74, 6) is 1.80. The highest BCUT2D eigenvalue weighted by Crippen LogP contribution is 2.29. The standard InChI is InChI=1S/C12H22/c1-10(2)12-8-4-6-11(3)7-5-9-12/h11-12H,1,4-9H2,2-3H3. The van der Waals surface area contributed by atoms with Gasteiger partial charge in [-0.3, -0.25) is 0 Å². The van der Waals surface area contributed by atoms with Crippen molar-refractivity contribution in [1.29, 1.82) is 0 Å². The number of hydrogen-bond donors (Lipinski definition) is 0. The lowest BCUT2D eigenvalue weighted by Crippen LogP contribution is -2.08. The Balaban J connectivity index is 2.35. The smallest absolute Gasteiger partial charge is 0.0209 e. The summed E-state index contributed by atoms with van der Waals surface area (Å²) in [6.45, 7) is 8.65. The molecule has 0 amide bonds. The summed E-state index contributed by atoms with van der Waals surface area (Å²) >= 11 is 0. The molecule has 70 valence electrons. The maximum atomic E-state index is 4.07. The molecule has 1 rings (SSSR count). The van der Waals surface area contributed by atoms with Gasteiger partial charge in [0.05, 0.1) is 0 Å². The molecule has 0 heteroatoms. The Morgan fingerprint density at radius 1 is 1.08 bits per heavy atom. The molecule has 0 bridgehead atoms. The molecule has 0 aromatic rings. The summed E-state index contributed by atoms with van der Waals surface area (Å²) in [7, 11) is 0. The van der Waals surface area contributed by atoms with Gasteiger partial charge in [-0.05, 0) is 31.6 Å². The van der Waals surface area contributed by atoms with Crippen LogP contribution in [0.4, 0.5) is 0 Å². The van der Waals surface area contributed by atoms with Gasteiger partial charge in [-0.1, -0.05) is 44.8 Å². The molecule has 0 saturated heterocycles. The van der Waals surface area contributed by atoms with Crippen molar-refractivity contribution in [3.63, 3.8) is 0 Å². The first kappa shape index (κ1) is 9.83. The maximum Gasteiger partial charge on any atom is -0.0209 e. The molecule has 0 radical (unpaired) electrons. The lowest BCUT2D eigenvalue weighted by atomic mass is 9.84. The lowest BCUT2D eigenvalue weighted by Gasteiger charge is -2.22. The predicted octanol–water partition coefficient (Wildman–Crippen LogP) is 4.17. The summed E-state index contributed by atoms with van der Waals surface area (Å²) in [6, 6.07) is 0. The van der Waals surface area contributed by atoms with Crippen molar-refractivity contribution >= 4 is 0 Å². The van der Waals surface area contributed by atoms with Crippen molar-refractivity contribution in [2.24, 2.45) is 11.8 Å². The molecule has 0 atom stereocenters. The van der Waals surface area contributed by atoms with Gasteiger partial charge < -0.3 is 0 Å². The van der Waals surface area contributed by atoms with Crippen LogP contribution < -0.4 is 0 Å². The Morgan fingerprint density at radius 3 is 2.00 bits per heavy atom. The third-order valence-electron chi connectivity index (χ3n) is 3.20. The van der Waals surface area contributed by atoms with E-state index in [1.54, 1.807) is 0 Å². The van der Waals surface area contributed by atoms with Crippen LogP contribution in [0.15, 0.2) is 12.2 Å². The first-order valence-electron chi connectivity index (χ1n) is 5.35. The molecule has 0 heterocycles. The Kier molecular flexibility index (Phi) is 3.84. The molecule has 1 aliphatic rings. The fourth-order valence-electron chi connectivity index (χ4n) is 2.21. The van der Waals surface area contributed by atoms with Crippen LogP contribution in [-0.4, -0.2) is 0 Å². The van der Waals surface area contributed by atoms with Crippen molar-refractivity contribution in [2.75, 3.05) is 0 Å². The summed E-state index contributed by atoms with van der Waals surface area (Å²) < 4.78 is 0. The third kappa shape index (κ3) is 3.00. The molecule has 0 unspecified atom stereocenters. The van der Waals surface area contributed by atoms with Crippen LogP contribution in [0, 0.1) is 11.8 Å². The molecule has 1 saturated carbocycles. The maximum absolute atomic E-state index is 4.07. The Bertz CT molecular complexity index is 136. The van der Waals surface area contributed by atoms with E-state index in [1.807, 2.05) is 0 Å². The zero-order valence-corrected chi connectivity index (χ0v) is 8.60. The van der Waals surface area contributed by atoms with Crippen molar-refractivity contribution in [2.45, 2.75) is 52.4 Å². The highest BCUT2D eigenvalue weighted by Gasteiger charge is 2.14. The van der Waals surface area contributed by atoms with E-state index in [4.69, 9.17) is 0 Å². The molecule has 12 heavy (non-hydrogen) atoms. The minimum absolute atomic E-state index is 0.831. The third-order valence-corrected chi connectivity index (χ3v) is 3.20. The molecule has 0 nitrogen and oxygen atoms in total. The van der Waals surface area contributed by atoms with Gasteiger partial charge in [0.25, 0.3) is 0 Å². The second kappa shape index (κ2) is 4.69. The number of hydrogen-bond acceptors (Lipinski definition) is 0. The monoisotopic (exact) mass is 166 g/mol. The summed E-state index contributed by atoms with van der Waals surface area (Å²) in [5.41, 5.74) is 1.41. The van der Waals surface area contributed by atoms with Crippen molar-refractivity contribution in [3.8, 4) is 0 Å². The number of rotatable bonds is 1. The second-order valence-electron chi connectivity index (χ2n) is 4.51. The van der Waals surface area contributed by atoms with Crippen molar-refractivity contribution in [3.05, 3.63) is 12.2 Å². The Labute approximate surface area is 77.1 Å². The molecule has 1 fully saturated rings. The van der Waals surface area contributed by atoms with Crippen molar-refractivity contribution in [1.82, 2.24) is 0 Å². The highest BCUT2D eigenvalue weighted by atomic mass is 14.2. The highest BCUT2D eigenvalue weighted by molar-refractivity contribution is 4.96. The molecule has 0 aromatic heterocycles. The van der Waals surface area contributed by atoms with Crippen molar-refractivity contribution < 1.29 is 0 Å². The molecule has 1 aliphatic carbocycles. The largest absolute Gasteiger partial charge is 0.0999 e. The molecular formula is C12H22. The van der Waals surface area contributed by atoms with Gasteiger partial charge in [0.2, 0.25) is 0 Å². The Morgan fingerprint density at radius 2 is 1.58 bits per heavy atom. The van der Waals surface area contributed by atoms with E-state index in [9.17, 15) is 0 Å². The minimum Gasteiger partial charge on any atom is -0.0999 e. The van der Waals surface area contributed by atoms with Gasteiger partial charge >= 0.3 is 0 Å². The van der Waals surface area contributed by atoms with Crippen LogP contribution in [-0.2, 0) is 0 Å². The quantitative estimate of drug-likeness (QED) is 0.513. The van der Waals surface area contributed by atoms with E-state index >= 15 is 0 Å². The zero-order valence-electron chi connectivity index (χ0n) is 8.60. The average molecular weight is 166 g/mol. The second-order valence-corrected chi connectivity index (χ2v) is 4.51. The average Bonchev–Trinajstić information content (AvgIpc) is 1.95. The van der Waals surface area contributed by atoms with Crippen LogP contribution in [0.1, 0.15) is 52.4 Å². The van der Waals surface area contributed by atoms with E-state index in [2.05, 4.69) is 20.4 Å². The van der Waals surface area contributed by atoms with Gasteiger partial charge in [-0.2, -0.15) is 0 Å². The fraction of sp³-hybridized carbons (Fsp3) is 0.833. The summed E-state index contributed by atoms with van der Waals surface area (Å²) in [4.78, 5) is 0. The van der Waals surface area contributed by atoms with E-state index < -0.39 is 0 Å². The van der Waals surface area contributed by atoms with Crippen LogP contribution in [0.25, 0.3) is 0 Å². The van der Waals surface area contributed by atoms with Crippen LogP contribution in [0.5, 0.6) is 0 Å². The van der Waals surface area contributed by atoms with Crippen LogP contribution >= 0.6 is 0 Å². The number of allylic oxidation sites excluding steroid dienone is 1. The molecular weight excluding hydrogens is 144 g/mol. The van der Waals surface area contributed by atoms with Crippen LogP contribution in [0.3, 0.4) is 0 Å². The first-order chi connectivity index (χ1) is 5.70. The molecule has 0 aliphatic heterocycles. The minimum atomic E-state index is 0.831. The predicted molar refractivity (Wildman–Crippen MR) is 55.2 cm³/mol.